The number of rotatable bonds is 4. The van der Waals surface area contributed by atoms with Gasteiger partial charge in [0.05, 0.1) is 12.6 Å². The van der Waals surface area contributed by atoms with Gasteiger partial charge in [-0.25, -0.2) is 0 Å². The lowest BCUT2D eigenvalue weighted by atomic mass is 9.93. The van der Waals surface area contributed by atoms with Gasteiger partial charge in [-0.15, -0.1) is 0 Å². The Morgan fingerprint density at radius 3 is 2.76 bits per heavy atom. The van der Waals surface area contributed by atoms with E-state index in [1.807, 2.05) is 37.3 Å². The molecule has 1 amide bonds. The van der Waals surface area contributed by atoms with Crippen LogP contribution in [0, 0.1) is 0 Å². The number of aliphatic hydroxyl groups excluding tert-OH is 1. The van der Waals surface area contributed by atoms with Crippen molar-refractivity contribution >= 4 is 5.91 Å². The number of hydrogen-bond donors (Lipinski definition) is 2. The van der Waals surface area contributed by atoms with Crippen LogP contribution in [-0.4, -0.2) is 61.2 Å². The van der Waals surface area contributed by atoms with Gasteiger partial charge in [-0.1, -0.05) is 30.3 Å². The van der Waals surface area contributed by atoms with Crippen LogP contribution in [0.4, 0.5) is 0 Å². The lowest BCUT2D eigenvalue weighted by molar-refractivity contribution is -0.369. The van der Waals surface area contributed by atoms with Gasteiger partial charge in [0.1, 0.15) is 18.3 Å². The zero-order chi connectivity index (χ0) is 18.0. The molecule has 7 heteroatoms. The number of carbonyl (C=O) groups is 1. The number of hydrogen-bond acceptors (Lipinski definition) is 6. The van der Waals surface area contributed by atoms with Crippen molar-refractivity contribution in [3.63, 3.8) is 0 Å². The highest BCUT2D eigenvalue weighted by Gasteiger charge is 2.52. The summed E-state index contributed by atoms with van der Waals surface area (Å²) in [5.74, 6) is -1.12. The molecule has 2 heterocycles. The van der Waals surface area contributed by atoms with Crippen LogP contribution in [0.3, 0.4) is 0 Å². The molecule has 138 valence electrons. The Morgan fingerprint density at radius 2 is 2.12 bits per heavy atom. The first-order valence-corrected chi connectivity index (χ1v) is 8.41. The number of methoxy groups -OCH3 is 1. The van der Waals surface area contributed by atoms with E-state index in [0.29, 0.717) is 6.42 Å². The summed E-state index contributed by atoms with van der Waals surface area (Å²) in [6.45, 7) is 3.55. The second-order valence-electron chi connectivity index (χ2n) is 6.69. The fourth-order valence-electron chi connectivity index (χ4n) is 3.45. The van der Waals surface area contributed by atoms with E-state index in [2.05, 4.69) is 5.32 Å². The summed E-state index contributed by atoms with van der Waals surface area (Å²) in [5, 5.41) is 13.3. The number of amides is 1. The van der Waals surface area contributed by atoms with Crippen LogP contribution in [-0.2, 0) is 30.2 Å². The first-order valence-electron chi connectivity index (χ1n) is 8.41. The number of fused-ring (bicyclic) bond motifs is 1. The molecule has 0 bridgehead atoms. The van der Waals surface area contributed by atoms with E-state index in [1.165, 1.54) is 14.0 Å². The molecule has 2 aliphatic heterocycles. The minimum absolute atomic E-state index is 0.251. The molecule has 3 rings (SSSR count). The Hall–Kier alpha value is -1.51. The number of nitrogens with one attached hydrogen (secondary N) is 1. The monoisotopic (exact) mass is 351 g/mol. The molecule has 6 atom stereocenters. The van der Waals surface area contributed by atoms with Crippen molar-refractivity contribution < 1.29 is 28.8 Å². The number of benzene rings is 1. The normalized spacial score (nSPS) is 38.0. The van der Waals surface area contributed by atoms with E-state index >= 15 is 0 Å². The molecule has 2 aliphatic rings. The zero-order valence-corrected chi connectivity index (χ0v) is 14.7. The minimum Gasteiger partial charge on any atom is -0.386 e. The third-order valence-electron chi connectivity index (χ3n) is 4.58. The Kier molecular flexibility index (Phi) is 5.41. The molecule has 2 saturated heterocycles. The van der Waals surface area contributed by atoms with E-state index in [-0.39, 0.29) is 12.5 Å². The number of carbonyl (C=O) groups excluding carboxylic acids is 1. The molecule has 25 heavy (non-hydrogen) atoms. The molecule has 2 fully saturated rings. The summed E-state index contributed by atoms with van der Waals surface area (Å²) in [6.07, 6.45) is -2.30. The standard InChI is InChI=1S/C18H25NO6/c1-11(20)19-14-15(21)17(22-3)24-13-10-23-18(2,25-16(13)14)9-12-7-5-4-6-8-12/h4-8,13-17,21H,9-10H2,1-3H3,(H,19,20). The van der Waals surface area contributed by atoms with Crippen LogP contribution >= 0.6 is 0 Å². The second-order valence-corrected chi connectivity index (χ2v) is 6.69. The molecule has 2 N–H and O–H groups in total. The zero-order valence-electron chi connectivity index (χ0n) is 14.7. The van der Waals surface area contributed by atoms with E-state index in [0.717, 1.165) is 5.56 Å². The van der Waals surface area contributed by atoms with Gasteiger partial charge in [0.15, 0.2) is 12.1 Å². The summed E-state index contributed by atoms with van der Waals surface area (Å²) < 4.78 is 23.0. The van der Waals surface area contributed by atoms with Crippen LogP contribution in [0.5, 0.6) is 0 Å². The van der Waals surface area contributed by atoms with Gasteiger partial charge >= 0.3 is 0 Å². The van der Waals surface area contributed by atoms with E-state index in [9.17, 15) is 9.90 Å². The summed E-state index contributed by atoms with van der Waals surface area (Å²) >= 11 is 0. The molecule has 1 aromatic rings. The van der Waals surface area contributed by atoms with Crippen LogP contribution < -0.4 is 5.32 Å². The fraction of sp³-hybridized carbons (Fsp3) is 0.611. The Balaban J connectivity index is 1.79. The van der Waals surface area contributed by atoms with Crippen LogP contribution in [0.15, 0.2) is 30.3 Å². The van der Waals surface area contributed by atoms with Crippen molar-refractivity contribution in [2.45, 2.75) is 56.7 Å². The quantitative estimate of drug-likeness (QED) is 0.826. The average Bonchev–Trinajstić information content (AvgIpc) is 2.58. The van der Waals surface area contributed by atoms with Gasteiger partial charge in [0.25, 0.3) is 0 Å². The van der Waals surface area contributed by atoms with Crippen LogP contribution in [0.25, 0.3) is 0 Å². The van der Waals surface area contributed by atoms with E-state index < -0.39 is 36.4 Å². The van der Waals surface area contributed by atoms with Crippen LogP contribution in [0.1, 0.15) is 19.4 Å². The van der Waals surface area contributed by atoms with Gasteiger partial charge in [0, 0.05) is 20.5 Å². The van der Waals surface area contributed by atoms with Crippen LogP contribution in [0.2, 0.25) is 0 Å². The molecule has 6 unspecified atom stereocenters. The molecule has 7 nitrogen and oxygen atoms in total. The third-order valence-corrected chi connectivity index (χ3v) is 4.58. The first kappa shape index (κ1) is 18.3. The minimum atomic E-state index is -1.03. The van der Waals surface area contributed by atoms with Crippen molar-refractivity contribution in [3.8, 4) is 0 Å². The first-order chi connectivity index (χ1) is 11.9. The maximum absolute atomic E-state index is 11.6. The molecular weight excluding hydrogens is 326 g/mol. The topological polar surface area (TPSA) is 86.3 Å². The Morgan fingerprint density at radius 1 is 1.40 bits per heavy atom. The number of aliphatic hydroxyl groups is 1. The SMILES string of the molecule is COC1OC2COC(C)(Cc3ccccc3)OC2C(NC(C)=O)C1O. The fourth-order valence-corrected chi connectivity index (χ4v) is 3.45. The molecule has 0 spiro atoms. The molecule has 0 radical (unpaired) electrons. The Labute approximate surface area is 147 Å². The summed E-state index contributed by atoms with van der Waals surface area (Å²) in [6, 6.07) is 9.24. The summed E-state index contributed by atoms with van der Waals surface area (Å²) in [7, 11) is 1.45. The lowest BCUT2D eigenvalue weighted by Gasteiger charge is -2.50. The molecule has 0 saturated carbocycles. The van der Waals surface area contributed by atoms with Gasteiger partial charge in [-0.2, -0.15) is 0 Å². The van der Waals surface area contributed by atoms with Crippen molar-refractivity contribution in [2.24, 2.45) is 0 Å². The van der Waals surface area contributed by atoms with E-state index in [4.69, 9.17) is 18.9 Å². The van der Waals surface area contributed by atoms with Gasteiger partial charge in [-0.3, -0.25) is 4.79 Å². The number of ether oxygens (including phenoxy) is 4. The summed E-state index contributed by atoms with van der Waals surface area (Å²) in [5.41, 5.74) is 1.08. The average molecular weight is 351 g/mol. The highest BCUT2D eigenvalue weighted by Crippen LogP contribution is 2.34. The highest BCUT2D eigenvalue weighted by molar-refractivity contribution is 5.73. The predicted molar refractivity (Wildman–Crippen MR) is 88.7 cm³/mol. The van der Waals surface area contributed by atoms with Crippen molar-refractivity contribution in [2.75, 3.05) is 13.7 Å². The smallest absolute Gasteiger partial charge is 0.217 e. The van der Waals surface area contributed by atoms with Gasteiger partial charge in [-0.05, 0) is 12.5 Å². The molecule has 0 aliphatic carbocycles. The van der Waals surface area contributed by atoms with Gasteiger partial charge in [0.2, 0.25) is 5.91 Å². The highest BCUT2D eigenvalue weighted by atomic mass is 16.8. The molecule has 1 aromatic carbocycles. The molecular formula is C18H25NO6. The predicted octanol–water partition coefficient (Wildman–Crippen LogP) is 0.598. The third kappa shape index (κ3) is 4.02. The lowest BCUT2D eigenvalue weighted by Crippen LogP contribution is -2.69. The van der Waals surface area contributed by atoms with E-state index in [1.54, 1.807) is 0 Å². The second kappa shape index (κ2) is 7.39. The van der Waals surface area contributed by atoms with Crippen molar-refractivity contribution in [1.29, 1.82) is 0 Å². The van der Waals surface area contributed by atoms with Crippen molar-refractivity contribution in [1.82, 2.24) is 5.32 Å². The van der Waals surface area contributed by atoms with Crippen molar-refractivity contribution in [3.05, 3.63) is 35.9 Å². The Bertz CT molecular complexity index is 596. The summed E-state index contributed by atoms with van der Waals surface area (Å²) in [4.78, 5) is 11.6. The van der Waals surface area contributed by atoms with Gasteiger partial charge < -0.3 is 29.4 Å². The molecule has 0 aromatic heterocycles. The largest absolute Gasteiger partial charge is 0.386 e. The maximum atomic E-state index is 11.6. The maximum Gasteiger partial charge on any atom is 0.217 e.